The second kappa shape index (κ2) is 6.08. The molecule has 4 fully saturated rings. The van der Waals surface area contributed by atoms with Crippen molar-refractivity contribution in [1.82, 2.24) is 10.2 Å². The Labute approximate surface area is 134 Å². The third-order valence-corrected chi connectivity index (χ3v) is 6.75. The molecule has 0 radical (unpaired) electrons. The van der Waals surface area contributed by atoms with Gasteiger partial charge in [-0.15, -0.1) is 12.4 Å². The van der Waals surface area contributed by atoms with Crippen LogP contribution in [-0.4, -0.2) is 37.5 Å². The van der Waals surface area contributed by atoms with Gasteiger partial charge < -0.3 is 10.2 Å². The van der Waals surface area contributed by atoms with Crippen LogP contribution in [0, 0.1) is 35.5 Å². The van der Waals surface area contributed by atoms with Crippen LogP contribution in [0.2, 0.25) is 0 Å². The second-order valence-corrected chi connectivity index (χ2v) is 7.67. The summed E-state index contributed by atoms with van der Waals surface area (Å²) in [7, 11) is 2.03. The largest absolute Gasteiger partial charge is 0.342 e. The van der Waals surface area contributed by atoms with E-state index in [2.05, 4.69) is 10.2 Å². The van der Waals surface area contributed by atoms with E-state index in [1.165, 1.54) is 38.5 Å². The number of hydrogen-bond donors (Lipinski definition) is 1. The van der Waals surface area contributed by atoms with Crippen molar-refractivity contribution in [3.8, 4) is 0 Å². The van der Waals surface area contributed by atoms with Crippen LogP contribution in [0.4, 0.5) is 0 Å². The molecule has 1 amide bonds. The highest BCUT2D eigenvalue weighted by Crippen LogP contribution is 2.69. The number of carbonyl (C=O) groups excluding carboxylic acids is 1. The van der Waals surface area contributed by atoms with Crippen LogP contribution in [0.5, 0.6) is 0 Å². The van der Waals surface area contributed by atoms with Gasteiger partial charge in [-0.3, -0.25) is 4.79 Å². The Kier molecular flexibility index (Phi) is 4.52. The standard InChI is InChI=1S/C17H28N2O.ClH/c1-18-7-4-11-5-8-19(9-6-11)17(20)16-14-12-2-3-13(10-12)15(14)16;/h11-16,18H,2-10H2,1H3;1H. The monoisotopic (exact) mass is 312 g/mol. The molecule has 4 heteroatoms. The van der Waals surface area contributed by atoms with Crippen LogP contribution in [0.3, 0.4) is 0 Å². The molecule has 0 aromatic rings. The molecule has 3 nitrogen and oxygen atoms in total. The first-order chi connectivity index (χ1) is 9.79. The topological polar surface area (TPSA) is 32.3 Å². The summed E-state index contributed by atoms with van der Waals surface area (Å²) >= 11 is 0. The van der Waals surface area contributed by atoms with Crippen LogP contribution >= 0.6 is 12.4 Å². The summed E-state index contributed by atoms with van der Waals surface area (Å²) in [5, 5.41) is 3.24. The van der Waals surface area contributed by atoms with Crippen molar-refractivity contribution in [3.05, 3.63) is 0 Å². The van der Waals surface area contributed by atoms with Crippen molar-refractivity contribution in [2.24, 2.45) is 35.5 Å². The van der Waals surface area contributed by atoms with Crippen molar-refractivity contribution in [2.75, 3.05) is 26.7 Å². The normalized spacial score (nSPS) is 40.8. The minimum atomic E-state index is 0. The van der Waals surface area contributed by atoms with E-state index in [9.17, 15) is 4.79 Å². The van der Waals surface area contributed by atoms with E-state index in [0.717, 1.165) is 49.2 Å². The molecule has 1 saturated heterocycles. The van der Waals surface area contributed by atoms with Gasteiger partial charge in [0.25, 0.3) is 0 Å². The quantitative estimate of drug-likeness (QED) is 0.865. The first kappa shape index (κ1) is 15.6. The number of nitrogens with zero attached hydrogens (tertiary/aromatic N) is 1. The number of carbonyl (C=O) groups is 1. The Balaban J connectivity index is 0.00000132. The molecule has 4 unspecified atom stereocenters. The Bertz CT molecular complexity index is 378. The van der Waals surface area contributed by atoms with Crippen molar-refractivity contribution in [3.63, 3.8) is 0 Å². The number of amides is 1. The van der Waals surface area contributed by atoms with E-state index in [4.69, 9.17) is 0 Å². The van der Waals surface area contributed by atoms with Crippen LogP contribution in [0.1, 0.15) is 38.5 Å². The predicted octanol–water partition coefficient (Wildman–Crippen LogP) is 2.55. The zero-order chi connectivity index (χ0) is 13.7. The van der Waals surface area contributed by atoms with E-state index >= 15 is 0 Å². The van der Waals surface area contributed by atoms with Gasteiger partial charge in [-0.25, -0.2) is 0 Å². The number of fused-ring (bicyclic) bond motifs is 5. The molecule has 4 rings (SSSR count). The van der Waals surface area contributed by atoms with Gasteiger partial charge in [-0.2, -0.15) is 0 Å². The maximum Gasteiger partial charge on any atom is 0.226 e. The van der Waals surface area contributed by atoms with E-state index in [-0.39, 0.29) is 12.4 Å². The van der Waals surface area contributed by atoms with Crippen LogP contribution in [0.15, 0.2) is 0 Å². The SMILES string of the molecule is CNCCC1CCN(C(=O)C2C3C4CCC(C4)C23)CC1.Cl. The third kappa shape index (κ3) is 2.61. The van der Waals surface area contributed by atoms with Crippen LogP contribution < -0.4 is 5.32 Å². The number of likely N-dealkylation sites (tertiary alicyclic amines) is 1. The third-order valence-electron chi connectivity index (χ3n) is 6.75. The van der Waals surface area contributed by atoms with Crippen molar-refractivity contribution < 1.29 is 4.79 Å². The summed E-state index contributed by atoms with van der Waals surface area (Å²) in [5.41, 5.74) is 0. The highest BCUT2D eigenvalue weighted by molar-refractivity contribution is 5.85. The number of rotatable bonds is 4. The fourth-order valence-corrected chi connectivity index (χ4v) is 5.66. The average molecular weight is 313 g/mol. The molecule has 4 aliphatic rings. The fraction of sp³-hybridized carbons (Fsp3) is 0.941. The van der Waals surface area contributed by atoms with Gasteiger partial charge in [-0.1, -0.05) is 0 Å². The summed E-state index contributed by atoms with van der Waals surface area (Å²) in [6.07, 6.45) is 8.01. The zero-order valence-corrected chi connectivity index (χ0v) is 13.9. The van der Waals surface area contributed by atoms with Crippen LogP contribution in [-0.2, 0) is 4.79 Å². The van der Waals surface area contributed by atoms with E-state index < -0.39 is 0 Å². The number of piperidine rings is 1. The molecule has 120 valence electrons. The van der Waals surface area contributed by atoms with E-state index in [1.807, 2.05) is 7.05 Å². The maximum absolute atomic E-state index is 12.7. The molecule has 21 heavy (non-hydrogen) atoms. The molecular formula is C17H29ClN2O. The summed E-state index contributed by atoms with van der Waals surface area (Å²) in [5.74, 6) is 5.28. The van der Waals surface area contributed by atoms with Gasteiger partial charge >= 0.3 is 0 Å². The number of hydrogen-bond acceptors (Lipinski definition) is 2. The molecule has 3 saturated carbocycles. The van der Waals surface area contributed by atoms with Crippen LogP contribution in [0.25, 0.3) is 0 Å². The van der Waals surface area contributed by atoms with E-state index in [0.29, 0.717) is 11.8 Å². The van der Waals surface area contributed by atoms with Gasteiger partial charge in [0.2, 0.25) is 5.91 Å². The minimum absolute atomic E-state index is 0. The number of halogens is 1. The van der Waals surface area contributed by atoms with Gasteiger partial charge in [0.15, 0.2) is 0 Å². The summed E-state index contributed by atoms with van der Waals surface area (Å²) < 4.78 is 0. The highest BCUT2D eigenvalue weighted by Gasteiger charge is 2.67. The molecule has 0 aromatic carbocycles. The predicted molar refractivity (Wildman–Crippen MR) is 86.4 cm³/mol. The average Bonchev–Trinajstić information content (AvgIpc) is 2.92. The summed E-state index contributed by atoms with van der Waals surface area (Å²) in [4.78, 5) is 14.9. The number of nitrogens with one attached hydrogen (secondary N) is 1. The molecule has 2 bridgehead atoms. The van der Waals surface area contributed by atoms with E-state index in [1.54, 1.807) is 0 Å². The Morgan fingerprint density at radius 2 is 1.71 bits per heavy atom. The zero-order valence-electron chi connectivity index (χ0n) is 13.1. The van der Waals surface area contributed by atoms with Crippen molar-refractivity contribution >= 4 is 18.3 Å². The van der Waals surface area contributed by atoms with Gasteiger partial charge in [0.05, 0.1) is 0 Å². The van der Waals surface area contributed by atoms with Gasteiger partial charge in [0, 0.05) is 19.0 Å². The molecule has 1 aliphatic heterocycles. The highest BCUT2D eigenvalue weighted by atomic mass is 35.5. The van der Waals surface area contributed by atoms with Crippen molar-refractivity contribution in [1.29, 1.82) is 0 Å². The summed E-state index contributed by atoms with van der Waals surface area (Å²) in [6, 6.07) is 0. The molecular weight excluding hydrogens is 284 g/mol. The Morgan fingerprint density at radius 1 is 1.10 bits per heavy atom. The lowest BCUT2D eigenvalue weighted by molar-refractivity contribution is -0.135. The molecule has 4 atom stereocenters. The van der Waals surface area contributed by atoms with Gasteiger partial charge in [-0.05, 0) is 81.7 Å². The Morgan fingerprint density at radius 3 is 2.29 bits per heavy atom. The lowest BCUT2D eigenvalue weighted by atomic mass is 9.92. The molecule has 1 heterocycles. The minimum Gasteiger partial charge on any atom is -0.342 e. The Hall–Kier alpha value is -0.280. The molecule has 0 aromatic heterocycles. The molecule has 3 aliphatic carbocycles. The first-order valence-corrected chi connectivity index (χ1v) is 8.73. The second-order valence-electron chi connectivity index (χ2n) is 7.67. The molecule has 1 N–H and O–H groups in total. The first-order valence-electron chi connectivity index (χ1n) is 8.73. The van der Waals surface area contributed by atoms with Gasteiger partial charge in [0.1, 0.15) is 0 Å². The smallest absolute Gasteiger partial charge is 0.226 e. The fourth-order valence-electron chi connectivity index (χ4n) is 5.66. The summed E-state index contributed by atoms with van der Waals surface area (Å²) in [6.45, 7) is 3.17. The van der Waals surface area contributed by atoms with Crippen molar-refractivity contribution in [2.45, 2.75) is 38.5 Å². The lowest BCUT2D eigenvalue weighted by Crippen LogP contribution is -2.40. The molecule has 0 spiro atoms. The maximum atomic E-state index is 12.7. The lowest BCUT2D eigenvalue weighted by Gasteiger charge is -2.32.